The Morgan fingerprint density at radius 3 is 2.34 bits per heavy atom. The van der Waals surface area contributed by atoms with Gasteiger partial charge in [0.15, 0.2) is 5.65 Å². The molecule has 0 amide bonds. The van der Waals surface area contributed by atoms with Crippen molar-refractivity contribution in [3.05, 3.63) is 102 Å². The Hall–Kier alpha value is -4.66. The summed E-state index contributed by atoms with van der Waals surface area (Å²) in [6, 6.07) is 14.9. The van der Waals surface area contributed by atoms with Crippen LogP contribution in [0.4, 0.5) is 4.39 Å². The fraction of sp³-hybridized carbons (Fsp3) is 0.207. The predicted molar refractivity (Wildman–Crippen MR) is 141 cm³/mol. The highest BCUT2D eigenvalue weighted by Crippen LogP contribution is 2.43. The third-order valence-corrected chi connectivity index (χ3v) is 7.19. The molecule has 7 rings (SSSR count). The second kappa shape index (κ2) is 8.72. The van der Waals surface area contributed by atoms with E-state index in [1.165, 1.54) is 12.1 Å². The molecule has 38 heavy (non-hydrogen) atoms. The van der Waals surface area contributed by atoms with Gasteiger partial charge < -0.3 is 0 Å². The fourth-order valence-electron chi connectivity index (χ4n) is 5.09. The average molecular weight is 505 g/mol. The van der Waals surface area contributed by atoms with Crippen LogP contribution in [0, 0.1) is 25.6 Å². The molecule has 0 bridgehead atoms. The monoisotopic (exact) mass is 504 g/mol. The lowest BCUT2D eigenvalue weighted by atomic mass is 10.0. The number of fused-ring (bicyclic) bond motifs is 1. The van der Waals surface area contributed by atoms with Crippen LogP contribution in [0.25, 0.3) is 34.1 Å². The van der Waals surface area contributed by atoms with E-state index in [0.29, 0.717) is 11.9 Å². The maximum Gasteiger partial charge on any atom is 0.254 e. The predicted octanol–water partition coefficient (Wildman–Crippen LogP) is 5.60. The standard InChI is InChI=1S/C29H25FN8/c1-18-3-4-19(2)38(18)29-34-27-13-22(11-12-36(27)35-29)25-15-31-16-26(33-25)23-14-32-37(17-23)28(20-5-6-20)21-7-9-24(30)10-8-21/h3-4,7-17,20,28H,5-6H2,1-2H3. The van der Waals surface area contributed by atoms with Crippen LogP contribution >= 0.6 is 0 Å². The van der Waals surface area contributed by atoms with Crippen LogP contribution in [0.15, 0.2) is 79.5 Å². The molecule has 1 fully saturated rings. The number of pyridine rings is 1. The quantitative estimate of drug-likeness (QED) is 0.295. The summed E-state index contributed by atoms with van der Waals surface area (Å²) in [5.74, 6) is 0.914. The summed E-state index contributed by atoms with van der Waals surface area (Å²) in [5.41, 5.74) is 7.24. The lowest BCUT2D eigenvalue weighted by Crippen LogP contribution is -2.13. The van der Waals surface area contributed by atoms with E-state index in [9.17, 15) is 4.39 Å². The van der Waals surface area contributed by atoms with Gasteiger partial charge in [0.2, 0.25) is 0 Å². The molecule has 1 aliphatic carbocycles. The van der Waals surface area contributed by atoms with Gasteiger partial charge >= 0.3 is 0 Å². The second-order valence-electron chi connectivity index (χ2n) is 9.91. The van der Waals surface area contributed by atoms with Crippen LogP contribution in [-0.4, -0.2) is 38.9 Å². The molecule has 0 aliphatic heterocycles. The van der Waals surface area contributed by atoms with Crippen molar-refractivity contribution >= 4 is 5.65 Å². The van der Waals surface area contributed by atoms with Crippen LogP contribution < -0.4 is 0 Å². The maximum atomic E-state index is 13.5. The topological polar surface area (TPSA) is 78.7 Å². The molecule has 5 heterocycles. The second-order valence-corrected chi connectivity index (χ2v) is 9.91. The Bertz CT molecular complexity index is 1750. The largest absolute Gasteiger partial charge is 0.286 e. The molecule has 6 aromatic rings. The van der Waals surface area contributed by atoms with E-state index in [0.717, 1.165) is 58.0 Å². The number of halogens is 1. The van der Waals surface area contributed by atoms with Gasteiger partial charge in [-0.05, 0) is 74.6 Å². The maximum absolute atomic E-state index is 13.5. The molecule has 188 valence electrons. The van der Waals surface area contributed by atoms with Crippen LogP contribution in [-0.2, 0) is 0 Å². The first-order valence-electron chi connectivity index (χ1n) is 12.7. The third kappa shape index (κ3) is 3.96. The average Bonchev–Trinajstić information content (AvgIpc) is 3.32. The molecule has 1 atom stereocenters. The first-order chi connectivity index (χ1) is 18.5. The highest BCUT2D eigenvalue weighted by atomic mass is 19.1. The van der Waals surface area contributed by atoms with Gasteiger partial charge in [-0.2, -0.15) is 10.1 Å². The molecule has 0 spiro atoms. The van der Waals surface area contributed by atoms with Crippen LogP contribution in [0.5, 0.6) is 0 Å². The Morgan fingerprint density at radius 1 is 0.868 bits per heavy atom. The highest BCUT2D eigenvalue weighted by molar-refractivity contribution is 5.66. The number of hydrogen-bond acceptors (Lipinski definition) is 5. The minimum Gasteiger partial charge on any atom is -0.286 e. The Kier molecular flexibility index (Phi) is 5.17. The zero-order valence-electron chi connectivity index (χ0n) is 21.0. The van der Waals surface area contributed by atoms with Gasteiger partial charge in [0.05, 0.1) is 36.0 Å². The summed E-state index contributed by atoms with van der Waals surface area (Å²) in [4.78, 5) is 14.1. The lowest BCUT2D eigenvalue weighted by molar-refractivity contribution is 0.470. The number of rotatable bonds is 6. The van der Waals surface area contributed by atoms with Crippen molar-refractivity contribution in [1.29, 1.82) is 0 Å². The van der Waals surface area contributed by atoms with Gasteiger partial charge in [0.1, 0.15) is 5.82 Å². The molecule has 5 aromatic heterocycles. The zero-order chi connectivity index (χ0) is 25.8. The van der Waals surface area contributed by atoms with E-state index in [2.05, 4.69) is 27.3 Å². The molecular weight excluding hydrogens is 479 g/mol. The van der Waals surface area contributed by atoms with Gasteiger partial charge in [0.25, 0.3) is 5.95 Å². The van der Waals surface area contributed by atoms with Crippen LogP contribution in [0.1, 0.15) is 35.8 Å². The molecule has 8 nitrogen and oxygen atoms in total. The van der Waals surface area contributed by atoms with Crippen molar-refractivity contribution in [2.75, 3.05) is 0 Å². The van der Waals surface area contributed by atoms with Gasteiger partial charge in [-0.15, -0.1) is 5.10 Å². The molecule has 0 radical (unpaired) electrons. The summed E-state index contributed by atoms with van der Waals surface area (Å²) in [6.45, 7) is 4.08. The molecule has 1 aliphatic rings. The summed E-state index contributed by atoms with van der Waals surface area (Å²) in [7, 11) is 0. The molecule has 1 unspecified atom stereocenters. The summed E-state index contributed by atoms with van der Waals surface area (Å²) in [6.07, 6.45) is 11.5. The number of benzene rings is 1. The van der Waals surface area contributed by atoms with Crippen molar-refractivity contribution in [3.63, 3.8) is 0 Å². The highest BCUT2D eigenvalue weighted by Gasteiger charge is 2.34. The zero-order valence-corrected chi connectivity index (χ0v) is 21.0. The summed E-state index contributed by atoms with van der Waals surface area (Å²) >= 11 is 0. The van der Waals surface area contributed by atoms with E-state index in [-0.39, 0.29) is 11.9 Å². The van der Waals surface area contributed by atoms with Gasteiger partial charge in [-0.25, -0.2) is 13.9 Å². The molecule has 1 aromatic carbocycles. The van der Waals surface area contributed by atoms with Gasteiger partial charge in [0, 0.05) is 34.9 Å². The van der Waals surface area contributed by atoms with Crippen molar-refractivity contribution < 1.29 is 4.39 Å². The molecule has 0 saturated heterocycles. The number of aromatic nitrogens is 8. The third-order valence-electron chi connectivity index (χ3n) is 7.19. The van der Waals surface area contributed by atoms with E-state index >= 15 is 0 Å². The number of nitrogens with zero attached hydrogens (tertiary/aromatic N) is 8. The Morgan fingerprint density at radius 2 is 1.61 bits per heavy atom. The van der Waals surface area contributed by atoms with Crippen LogP contribution in [0.3, 0.4) is 0 Å². The minimum atomic E-state index is -0.230. The first-order valence-corrected chi connectivity index (χ1v) is 12.7. The minimum absolute atomic E-state index is 0.0811. The normalized spacial score (nSPS) is 14.3. The lowest BCUT2D eigenvalue weighted by Gasteiger charge is -2.17. The molecule has 1 saturated carbocycles. The van der Waals surface area contributed by atoms with E-state index in [1.54, 1.807) is 16.9 Å². The number of hydrogen-bond donors (Lipinski definition) is 0. The van der Waals surface area contributed by atoms with Crippen molar-refractivity contribution in [1.82, 2.24) is 38.9 Å². The number of aryl methyl sites for hydroxylation is 2. The first kappa shape index (κ1) is 22.5. The van der Waals surface area contributed by atoms with Gasteiger partial charge in [-0.1, -0.05) is 12.1 Å². The Labute approximate surface area is 218 Å². The summed E-state index contributed by atoms with van der Waals surface area (Å²) in [5, 5.41) is 9.31. The van der Waals surface area contributed by atoms with Gasteiger partial charge in [-0.3, -0.25) is 14.2 Å². The van der Waals surface area contributed by atoms with Crippen LogP contribution in [0.2, 0.25) is 0 Å². The van der Waals surface area contributed by atoms with E-state index in [4.69, 9.17) is 9.97 Å². The Balaban J connectivity index is 1.20. The molecule has 9 heteroatoms. The molecule has 0 N–H and O–H groups in total. The summed E-state index contributed by atoms with van der Waals surface area (Å²) < 4.78 is 19.3. The van der Waals surface area contributed by atoms with E-state index < -0.39 is 0 Å². The van der Waals surface area contributed by atoms with Crippen molar-refractivity contribution in [2.45, 2.75) is 32.7 Å². The molecular formula is C29H25FN8. The SMILES string of the molecule is Cc1ccc(C)n1-c1nc2cc(-c3cncc(-c4cnn(C(c5ccc(F)cc5)C5CC5)c4)n3)ccn2n1. The smallest absolute Gasteiger partial charge is 0.254 e. The van der Waals surface area contributed by atoms with Crippen molar-refractivity contribution in [3.8, 4) is 28.5 Å². The van der Waals surface area contributed by atoms with Crippen molar-refractivity contribution in [2.24, 2.45) is 5.92 Å². The fourth-order valence-corrected chi connectivity index (χ4v) is 5.09. The van der Waals surface area contributed by atoms with E-state index in [1.807, 2.05) is 66.0 Å².